The largest absolute Gasteiger partial charge is 0.405 e. The minimum atomic E-state index is -4.40. The lowest BCUT2D eigenvalue weighted by Crippen LogP contribution is -2.21. The Labute approximate surface area is 83.1 Å². The highest BCUT2D eigenvalue weighted by atomic mass is 19.4. The Morgan fingerprint density at radius 2 is 2.00 bits per heavy atom. The molecule has 1 aromatic rings. The van der Waals surface area contributed by atoms with Gasteiger partial charge in [-0.05, 0) is 18.2 Å². The zero-order valence-corrected chi connectivity index (χ0v) is 7.40. The van der Waals surface area contributed by atoms with Gasteiger partial charge in [0.05, 0.1) is 17.3 Å². The summed E-state index contributed by atoms with van der Waals surface area (Å²) in [4.78, 5) is 0. The van der Waals surface area contributed by atoms with E-state index in [1.54, 1.807) is 6.07 Å². The first kappa shape index (κ1) is 11.3. The van der Waals surface area contributed by atoms with Gasteiger partial charge in [-0.1, -0.05) is 0 Å². The fourth-order valence-corrected chi connectivity index (χ4v) is 0.923. The average molecular weight is 218 g/mol. The molecule has 15 heavy (non-hydrogen) atoms. The summed E-state index contributed by atoms with van der Waals surface area (Å²) in [6.07, 6.45) is -4.40. The van der Waals surface area contributed by atoms with E-state index in [0.717, 1.165) is 12.1 Å². The Balaban J connectivity index is 2.76. The highest BCUT2D eigenvalue weighted by Gasteiger charge is 2.26. The van der Waals surface area contributed by atoms with Gasteiger partial charge >= 0.3 is 6.18 Å². The number of nitrogens with one attached hydrogen (secondary N) is 1. The van der Waals surface area contributed by atoms with E-state index in [2.05, 4.69) is 0 Å². The zero-order chi connectivity index (χ0) is 11.5. The molecule has 1 rings (SSSR count). The van der Waals surface area contributed by atoms with Crippen LogP contribution < -0.4 is 5.32 Å². The molecule has 0 heterocycles. The van der Waals surface area contributed by atoms with Gasteiger partial charge in [-0.25, -0.2) is 4.39 Å². The number of hydrogen-bond donors (Lipinski definition) is 1. The van der Waals surface area contributed by atoms with Crippen molar-refractivity contribution >= 4 is 5.69 Å². The molecule has 0 aliphatic rings. The van der Waals surface area contributed by atoms with Gasteiger partial charge < -0.3 is 5.32 Å². The molecule has 0 amide bonds. The van der Waals surface area contributed by atoms with Gasteiger partial charge in [0.1, 0.15) is 12.4 Å². The van der Waals surface area contributed by atoms with E-state index in [1.165, 1.54) is 6.07 Å². The average Bonchev–Trinajstić information content (AvgIpc) is 2.14. The van der Waals surface area contributed by atoms with Crippen LogP contribution >= 0.6 is 0 Å². The number of nitriles is 1. The molecule has 6 heteroatoms. The topological polar surface area (TPSA) is 35.8 Å². The van der Waals surface area contributed by atoms with E-state index in [-0.39, 0.29) is 11.3 Å². The van der Waals surface area contributed by atoms with E-state index in [4.69, 9.17) is 5.26 Å². The molecular weight excluding hydrogens is 212 g/mol. The van der Waals surface area contributed by atoms with Crippen molar-refractivity contribution in [1.82, 2.24) is 0 Å². The number of rotatable bonds is 2. The van der Waals surface area contributed by atoms with Crippen molar-refractivity contribution in [2.75, 3.05) is 11.9 Å². The summed E-state index contributed by atoms with van der Waals surface area (Å²) in [5.41, 5.74) is -0.212. The van der Waals surface area contributed by atoms with Crippen LogP contribution in [0.1, 0.15) is 5.56 Å². The van der Waals surface area contributed by atoms with Crippen molar-refractivity contribution < 1.29 is 17.6 Å². The summed E-state index contributed by atoms with van der Waals surface area (Å²) >= 11 is 0. The van der Waals surface area contributed by atoms with Crippen molar-refractivity contribution in [1.29, 1.82) is 5.26 Å². The summed E-state index contributed by atoms with van der Waals surface area (Å²) in [6, 6.07) is 4.89. The third-order valence-electron chi connectivity index (χ3n) is 1.58. The Bertz CT molecular complexity index is 392. The van der Waals surface area contributed by atoms with E-state index in [0.29, 0.717) is 0 Å². The number of alkyl halides is 3. The van der Waals surface area contributed by atoms with Crippen LogP contribution in [0.15, 0.2) is 18.2 Å². The molecule has 0 saturated heterocycles. The lowest BCUT2D eigenvalue weighted by molar-refractivity contribution is -0.115. The summed E-state index contributed by atoms with van der Waals surface area (Å²) in [5, 5.41) is 10.3. The van der Waals surface area contributed by atoms with Gasteiger partial charge in [0, 0.05) is 0 Å². The number of halogens is 4. The maximum absolute atomic E-state index is 13.0. The SMILES string of the molecule is N#Cc1ccc(NCC(F)(F)F)c(F)c1. The summed E-state index contributed by atoms with van der Waals surface area (Å²) in [6.45, 7) is -1.31. The van der Waals surface area contributed by atoms with Gasteiger partial charge in [0.15, 0.2) is 0 Å². The van der Waals surface area contributed by atoms with Crippen LogP contribution in [-0.4, -0.2) is 12.7 Å². The van der Waals surface area contributed by atoms with E-state index < -0.39 is 18.5 Å². The molecule has 2 nitrogen and oxygen atoms in total. The van der Waals surface area contributed by atoms with Crippen LogP contribution in [0.5, 0.6) is 0 Å². The number of anilines is 1. The van der Waals surface area contributed by atoms with Crippen molar-refractivity contribution in [3.05, 3.63) is 29.6 Å². The van der Waals surface area contributed by atoms with Crippen LogP contribution in [0.2, 0.25) is 0 Å². The third-order valence-corrected chi connectivity index (χ3v) is 1.58. The van der Waals surface area contributed by atoms with Crippen molar-refractivity contribution in [2.24, 2.45) is 0 Å². The molecule has 0 bridgehead atoms. The Morgan fingerprint density at radius 3 is 2.47 bits per heavy atom. The smallest absolute Gasteiger partial charge is 0.374 e. The highest BCUT2D eigenvalue weighted by Crippen LogP contribution is 2.19. The lowest BCUT2D eigenvalue weighted by Gasteiger charge is -2.09. The van der Waals surface area contributed by atoms with E-state index >= 15 is 0 Å². The van der Waals surface area contributed by atoms with Gasteiger partial charge in [-0.3, -0.25) is 0 Å². The van der Waals surface area contributed by atoms with Crippen molar-refractivity contribution in [3.63, 3.8) is 0 Å². The van der Waals surface area contributed by atoms with Crippen molar-refractivity contribution in [3.8, 4) is 6.07 Å². The van der Waals surface area contributed by atoms with Crippen LogP contribution in [0.3, 0.4) is 0 Å². The van der Waals surface area contributed by atoms with Crippen LogP contribution in [0.4, 0.5) is 23.2 Å². The molecule has 0 fully saturated rings. The fraction of sp³-hybridized carbons (Fsp3) is 0.222. The second kappa shape index (κ2) is 4.17. The molecule has 0 aliphatic heterocycles. The molecule has 1 N–H and O–H groups in total. The molecular formula is C9H6F4N2. The summed E-state index contributed by atoms with van der Waals surface area (Å²) < 4.78 is 48.4. The Morgan fingerprint density at radius 1 is 1.33 bits per heavy atom. The minimum Gasteiger partial charge on any atom is -0.374 e. The predicted octanol–water partition coefficient (Wildman–Crippen LogP) is 2.67. The quantitative estimate of drug-likeness (QED) is 0.774. The highest BCUT2D eigenvalue weighted by molar-refractivity contribution is 5.48. The van der Waals surface area contributed by atoms with E-state index in [9.17, 15) is 17.6 Å². The number of benzene rings is 1. The summed E-state index contributed by atoms with van der Waals surface area (Å²) in [5.74, 6) is -0.877. The monoisotopic (exact) mass is 218 g/mol. The second-order valence-electron chi connectivity index (χ2n) is 2.78. The minimum absolute atomic E-state index is 0.0602. The maximum Gasteiger partial charge on any atom is 0.405 e. The molecule has 0 aromatic heterocycles. The molecule has 0 spiro atoms. The summed E-state index contributed by atoms with van der Waals surface area (Å²) in [7, 11) is 0. The second-order valence-corrected chi connectivity index (χ2v) is 2.78. The molecule has 0 saturated carbocycles. The lowest BCUT2D eigenvalue weighted by atomic mass is 10.2. The Hall–Kier alpha value is -1.77. The van der Waals surface area contributed by atoms with Gasteiger partial charge in [0.25, 0.3) is 0 Å². The number of nitrogens with zero attached hydrogens (tertiary/aromatic N) is 1. The van der Waals surface area contributed by atoms with Crippen LogP contribution in [0.25, 0.3) is 0 Å². The van der Waals surface area contributed by atoms with E-state index in [1.807, 2.05) is 5.32 Å². The number of hydrogen-bond acceptors (Lipinski definition) is 2. The Kier molecular flexibility index (Phi) is 3.14. The zero-order valence-electron chi connectivity index (χ0n) is 7.40. The van der Waals surface area contributed by atoms with Gasteiger partial charge in [-0.15, -0.1) is 0 Å². The fourth-order valence-electron chi connectivity index (χ4n) is 0.923. The first-order valence-corrected chi connectivity index (χ1v) is 3.92. The normalized spacial score (nSPS) is 10.9. The first-order valence-electron chi connectivity index (χ1n) is 3.92. The molecule has 0 radical (unpaired) electrons. The van der Waals surface area contributed by atoms with Crippen LogP contribution in [-0.2, 0) is 0 Å². The maximum atomic E-state index is 13.0. The van der Waals surface area contributed by atoms with Crippen LogP contribution in [0, 0.1) is 17.1 Å². The standard InChI is InChI=1S/C9H6F4N2/c10-7-3-6(4-14)1-2-8(7)15-5-9(11,12)13/h1-3,15H,5H2. The van der Waals surface area contributed by atoms with Crippen molar-refractivity contribution in [2.45, 2.75) is 6.18 Å². The molecule has 1 aromatic carbocycles. The molecule has 0 aliphatic carbocycles. The molecule has 0 atom stereocenters. The molecule has 0 unspecified atom stereocenters. The van der Waals surface area contributed by atoms with Gasteiger partial charge in [-0.2, -0.15) is 18.4 Å². The predicted molar refractivity (Wildman–Crippen MR) is 45.7 cm³/mol. The third kappa shape index (κ3) is 3.46. The molecule has 80 valence electrons. The first-order chi connectivity index (χ1) is 6.92. The van der Waals surface area contributed by atoms with Gasteiger partial charge in [0.2, 0.25) is 0 Å².